The van der Waals surface area contributed by atoms with Crippen LogP contribution in [0, 0.1) is 17.1 Å². The molecular weight excluding hydrogens is 239 g/mol. The van der Waals surface area contributed by atoms with Crippen molar-refractivity contribution in [1.29, 1.82) is 5.26 Å². The molecule has 0 spiro atoms. The van der Waals surface area contributed by atoms with Crippen molar-refractivity contribution in [3.05, 3.63) is 35.1 Å². The Hall–Kier alpha value is -1.54. The summed E-state index contributed by atoms with van der Waals surface area (Å²) in [6.45, 7) is 0. The molecule has 0 radical (unpaired) electrons. The number of nitriles is 1. The van der Waals surface area contributed by atoms with Gasteiger partial charge in [-0.3, -0.25) is 4.79 Å². The van der Waals surface area contributed by atoms with Crippen LogP contribution in [-0.4, -0.2) is 30.7 Å². The van der Waals surface area contributed by atoms with Gasteiger partial charge in [0, 0.05) is 19.8 Å². The van der Waals surface area contributed by atoms with Gasteiger partial charge in [0.25, 0.3) is 0 Å². The first-order valence-electron chi connectivity index (χ1n) is 5.01. The lowest BCUT2D eigenvalue weighted by atomic mass is 10.1. The number of carbonyl (C=O) groups excluding carboxylic acids is 1. The Bertz CT molecular complexity index is 454. The molecule has 0 N–H and O–H groups in total. The molecule has 0 aliphatic heterocycles. The van der Waals surface area contributed by atoms with Gasteiger partial charge in [-0.05, 0) is 17.7 Å². The second-order valence-electron chi connectivity index (χ2n) is 3.70. The largest absolute Gasteiger partial charge is 0.348 e. The number of nitrogens with zero attached hydrogens (tertiary/aromatic N) is 2. The molecule has 90 valence electrons. The molecule has 0 saturated heterocycles. The van der Waals surface area contributed by atoms with Crippen LogP contribution >= 0.6 is 11.8 Å². The molecule has 0 saturated carbocycles. The normalized spacial score (nSPS) is 9.76. The molecule has 1 aromatic carbocycles. The number of benzene rings is 1. The van der Waals surface area contributed by atoms with Crippen LogP contribution in [0.4, 0.5) is 4.39 Å². The lowest BCUT2D eigenvalue weighted by molar-refractivity contribution is -0.125. The molecule has 1 amide bonds. The van der Waals surface area contributed by atoms with Crippen LogP contribution < -0.4 is 0 Å². The van der Waals surface area contributed by atoms with E-state index in [-0.39, 0.29) is 5.91 Å². The zero-order valence-electron chi connectivity index (χ0n) is 9.74. The quantitative estimate of drug-likeness (QED) is 0.823. The first kappa shape index (κ1) is 13.5. The molecule has 3 nitrogen and oxygen atoms in total. The molecule has 0 bridgehead atoms. The Kier molecular flexibility index (Phi) is 4.98. The van der Waals surface area contributed by atoms with Crippen LogP contribution in [0.2, 0.25) is 0 Å². The zero-order chi connectivity index (χ0) is 12.8. The minimum absolute atomic E-state index is 0.00375. The first-order chi connectivity index (χ1) is 8.04. The number of hydrogen-bond acceptors (Lipinski definition) is 3. The van der Waals surface area contributed by atoms with Crippen molar-refractivity contribution in [3.63, 3.8) is 0 Å². The van der Waals surface area contributed by atoms with Gasteiger partial charge < -0.3 is 4.90 Å². The standard InChI is InChI=1S/C12H13FN2OS/c1-15(2)12(16)8-17-7-10-4-3-9(6-14)5-11(10)13/h3-5H,7-8H2,1-2H3. The lowest BCUT2D eigenvalue weighted by Gasteiger charge is -2.09. The van der Waals surface area contributed by atoms with E-state index in [0.717, 1.165) is 0 Å². The van der Waals surface area contributed by atoms with Gasteiger partial charge in [-0.15, -0.1) is 11.8 Å². The van der Waals surface area contributed by atoms with Crippen molar-refractivity contribution >= 4 is 17.7 Å². The van der Waals surface area contributed by atoms with Crippen LogP contribution in [0.5, 0.6) is 0 Å². The molecule has 5 heteroatoms. The Morgan fingerprint density at radius 1 is 1.53 bits per heavy atom. The highest BCUT2D eigenvalue weighted by atomic mass is 32.2. The average molecular weight is 252 g/mol. The van der Waals surface area contributed by atoms with E-state index in [1.54, 1.807) is 26.2 Å². The number of rotatable bonds is 4. The molecule has 1 rings (SSSR count). The molecule has 0 fully saturated rings. The van der Waals surface area contributed by atoms with Crippen molar-refractivity contribution in [2.75, 3.05) is 19.8 Å². The van der Waals surface area contributed by atoms with Crippen molar-refractivity contribution in [3.8, 4) is 6.07 Å². The van der Waals surface area contributed by atoms with E-state index >= 15 is 0 Å². The van der Waals surface area contributed by atoms with Crippen LogP contribution in [0.1, 0.15) is 11.1 Å². The number of amides is 1. The molecule has 0 atom stereocenters. The number of hydrogen-bond donors (Lipinski definition) is 0. The van der Waals surface area contributed by atoms with E-state index in [2.05, 4.69) is 0 Å². The highest BCUT2D eigenvalue weighted by Gasteiger charge is 2.07. The van der Waals surface area contributed by atoms with E-state index in [9.17, 15) is 9.18 Å². The fraction of sp³-hybridized carbons (Fsp3) is 0.333. The molecule has 0 unspecified atom stereocenters. The minimum Gasteiger partial charge on any atom is -0.348 e. The van der Waals surface area contributed by atoms with E-state index < -0.39 is 5.82 Å². The predicted octanol–water partition coefficient (Wildman–Crippen LogP) is 2.02. The van der Waals surface area contributed by atoms with Crippen molar-refractivity contribution in [2.45, 2.75) is 5.75 Å². The fourth-order valence-corrected chi connectivity index (χ4v) is 2.10. The summed E-state index contributed by atoms with van der Waals surface area (Å²) in [5.41, 5.74) is 0.821. The van der Waals surface area contributed by atoms with Gasteiger partial charge in [0.2, 0.25) is 5.91 Å². The van der Waals surface area contributed by atoms with E-state index in [1.807, 2.05) is 6.07 Å². The van der Waals surface area contributed by atoms with Gasteiger partial charge in [-0.25, -0.2) is 4.39 Å². The van der Waals surface area contributed by atoms with Crippen molar-refractivity contribution < 1.29 is 9.18 Å². The van der Waals surface area contributed by atoms with Crippen molar-refractivity contribution in [2.24, 2.45) is 0 Å². The predicted molar refractivity (Wildman–Crippen MR) is 66.0 cm³/mol. The Labute approximate surface area is 104 Å². The van der Waals surface area contributed by atoms with Crippen LogP contribution in [0.3, 0.4) is 0 Å². The average Bonchev–Trinajstić information content (AvgIpc) is 2.30. The lowest BCUT2D eigenvalue weighted by Crippen LogP contribution is -2.23. The summed E-state index contributed by atoms with van der Waals surface area (Å²) in [5, 5.41) is 8.59. The van der Waals surface area contributed by atoms with Crippen LogP contribution in [0.25, 0.3) is 0 Å². The Balaban J connectivity index is 2.53. The Morgan fingerprint density at radius 2 is 2.24 bits per heavy atom. The van der Waals surface area contributed by atoms with E-state index in [0.29, 0.717) is 22.6 Å². The number of halogens is 1. The summed E-state index contributed by atoms with van der Waals surface area (Å²) in [6, 6.07) is 6.25. The maximum Gasteiger partial charge on any atom is 0.232 e. The highest BCUT2D eigenvalue weighted by molar-refractivity contribution is 7.99. The summed E-state index contributed by atoms with van der Waals surface area (Å²) in [6.07, 6.45) is 0. The third kappa shape index (κ3) is 4.08. The second kappa shape index (κ2) is 6.26. The molecule has 0 aromatic heterocycles. The number of carbonyl (C=O) groups is 1. The fourth-order valence-electron chi connectivity index (χ4n) is 1.11. The second-order valence-corrected chi connectivity index (χ2v) is 4.68. The monoisotopic (exact) mass is 252 g/mol. The van der Waals surface area contributed by atoms with Crippen molar-refractivity contribution in [1.82, 2.24) is 4.90 Å². The summed E-state index contributed by atoms with van der Waals surface area (Å²) >= 11 is 1.36. The van der Waals surface area contributed by atoms with Crippen LogP contribution in [0.15, 0.2) is 18.2 Å². The minimum atomic E-state index is -0.395. The van der Waals surface area contributed by atoms with Gasteiger partial charge in [0.1, 0.15) is 5.82 Å². The van der Waals surface area contributed by atoms with Gasteiger partial charge in [0.15, 0.2) is 0 Å². The SMILES string of the molecule is CN(C)C(=O)CSCc1ccc(C#N)cc1F. The van der Waals surface area contributed by atoms with Gasteiger partial charge in [-0.2, -0.15) is 5.26 Å². The van der Waals surface area contributed by atoms with Gasteiger partial charge >= 0.3 is 0 Å². The molecule has 17 heavy (non-hydrogen) atoms. The number of thioether (sulfide) groups is 1. The van der Waals surface area contributed by atoms with Crippen LogP contribution in [-0.2, 0) is 10.5 Å². The third-order valence-corrected chi connectivity index (χ3v) is 3.13. The zero-order valence-corrected chi connectivity index (χ0v) is 10.6. The van der Waals surface area contributed by atoms with E-state index in [1.165, 1.54) is 22.7 Å². The van der Waals surface area contributed by atoms with Gasteiger partial charge in [0.05, 0.1) is 17.4 Å². The summed E-state index contributed by atoms with van der Waals surface area (Å²) in [4.78, 5) is 12.8. The molecule has 0 aliphatic carbocycles. The molecule has 0 heterocycles. The highest BCUT2D eigenvalue weighted by Crippen LogP contribution is 2.17. The van der Waals surface area contributed by atoms with Gasteiger partial charge in [-0.1, -0.05) is 6.07 Å². The Morgan fingerprint density at radius 3 is 2.76 bits per heavy atom. The molecule has 0 aliphatic rings. The summed E-state index contributed by atoms with van der Waals surface area (Å²) < 4.78 is 13.5. The topological polar surface area (TPSA) is 44.1 Å². The molecule has 1 aromatic rings. The van der Waals surface area contributed by atoms with E-state index in [4.69, 9.17) is 5.26 Å². The molecular formula is C12H13FN2OS. The maximum absolute atomic E-state index is 13.5. The first-order valence-corrected chi connectivity index (χ1v) is 6.16. The maximum atomic E-state index is 13.5. The smallest absolute Gasteiger partial charge is 0.232 e. The summed E-state index contributed by atoms with van der Waals surface area (Å²) in [7, 11) is 3.37. The third-order valence-electron chi connectivity index (χ3n) is 2.16. The summed E-state index contributed by atoms with van der Waals surface area (Å²) in [5.74, 6) is 0.363.